The molecule has 1 heterocycles. The molecule has 1 aliphatic heterocycles. The van der Waals surface area contributed by atoms with Gasteiger partial charge in [-0.3, -0.25) is 4.67 Å². The van der Waals surface area contributed by atoms with Gasteiger partial charge >= 0.3 is 8.53 Å². The van der Waals surface area contributed by atoms with Crippen LogP contribution in [-0.2, 0) is 18.3 Å². The van der Waals surface area contributed by atoms with E-state index in [-0.39, 0.29) is 5.41 Å². The number of hydrogen-bond donors (Lipinski definition) is 0. The summed E-state index contributed by atoms with van der Waals surface area (Å²) in [7, 11) is 0.754. The maximum Gasteiger partial charge on any atom is 0.416 e. The molecular formula is C24H22NO2P. The highest BCUT2D eigenvalue weighted by atomic mass is 31.2. The number of anilines is 1. The minimum absolute atomic E-state index is 0.0601. The molecule has 6 rings (SSSR count). The second-order valence-electron chi connectivity index (χ2n) is 7.94. The molecule has 0 aromatic heterocycles. The van der Waals surface area contributed by atoms with Gasteiger partial charge < -0.3 is 9.05 Å². The van der Waals surface area contributed by atoms with Gasteiger partial charge in [-0.25, -0.2) is 0 Å². The SMILES string of the molecule is CN(c1ccccc1)P1Oc2cccc3c2C2(CC3)CCc3cccc(c32)O1. The molecule has 0 fully saturated rings. The summed E-state index contributed by atoms with van der Waals surface area (Å²) in [5.74, 6) is 2.01. The van der Waals surface area contributed by atoms with Crippen molar-refractivity contribution in [3.63, 3.8) is 0 Å². The van der Waals surface area contributed by atoms with E-state index in [9.17, 15) is 0 Å². The Labute approximate surface area is 166 Å². The number of nitrogens with zero attached hydrogens (tertiary/aromatic N) is 1. The van der Waals surface area contributed by atoms with E-state index in [4.69, 9.17) is 9.05 Å². The molecule has 0 saturated heterocycles. The molecule has 0 saturated carbocycles. The van der Waals surface area contributed by atoms with E-state index < -0.39 is 8.53 Å². The average molecular weight is 387 g/mol. The Morgan fingerprint density at radius 1 is 0.750 bits per heavy atom. The van der Waals surface area contributed by atoms with Crippen molar-refractivity contribution in [3.05, 3.63) is 89.0 Å². The van der Waals surface area contributed by atoms with Crippen LogP contribution in [0.5, 0.6) is 11.5 Å². The van der Waals surface area contributed by atoms with Crippen LogP contribution in [0.4, 0.5) is 5.69 Å². The Morgan fingerprint density at radius 2 is 1.32 bits per heavy atom. The Morgan fingerprint density at radius 3 is 1.89 bits per heavy atom. The van der Waals surface area contributed by atoms with Gasteiger partial charge in [-0.05, 0) is 61.1 Å². The maximum absolute atomic E-state index is 6.62. The quantitative estimate of drug-likeness (QED) is 0.504. The molecule has 1 spiro atoms. The Bertz CT molecular complexity index is 1000. The van der Waals surface area contributed by atoms with Crippen LogP contribution in [0.3, 0.4) is 0 Å². The predicted molar refractivity (Wildman–Crippen MR) is 113 cm³/mol. The Kier molecular flexibility index (Phi) is 3.52. The van der Waals surface area contributed by atoms with Crippen molar-refractivity contribution in [2.75, 3.05) is 11.7 Å². The zero-order chi connectivity index (χ0) is 18.7. The third kappa shape index (κ3) is 2.20. The number of aryl methyl sites for hydroxylation is 2. The van der Waals surface area contributed by atoms with E-state index in [1.807, 2.05) is 6.07 Å². The lowest BCUT2D eigenvalue weighted by atomic mass is 9.76. The Hall–Kier alpha value is -2.51. The fourth-order valence-electron chi connectivity index (χ4n) is 5.30. The van der Waals surface area contributed by atoms with E-state index >= 15 is 0 Å². The molecule has 0 bridgehead atoms. The molecule has 28 heavy (non-hydrogen) atoms. The summed E-state index contributed by atoms with van der Waals surface area (Å²) in [6, 6.07) is 23.4. The smallest absolute Gasteiger partial charge is 0.416 e. The first-order valence-corrected chi connectivity index (χ1v) is 11.1. The molecule has 2 aliphatic carbocycles. The van der Waals surface area contributed by atoms with Gasteiger partial charge in [-0.15, -0.1) is 0 Å². The minimum Gasteiger partial charge on any atom is -0.422 e. The lowest BCUT2D eigenvalue weighted by Gasteiger charge is -2.36. The predicted octanol–water partition coefficient (Wildman–Crippen LogP) is 6.00. The standard InChI is InChI=1S/C24H22NO2P/c1-25(19-9-3-2-4-10-19)28-26-20-11-5-7-17-13-15-24(22(17)20)16-14-18-8-6-12-21(27-28)23(18)24/h2-12H,13-16H2,1H3. The van der Waals surface area contributed by atoms with Crippen LogP contribution in [-0.4, -0.2) is 7.05 Å². The van der Waals surface area contributed by atoms with Crippen LogP contribution in [0.2, 0.25) is 0 Å². The molecule has 0 N–H and O–H groups in total. The molecule has 0 atom stereocenters. The lowest BCUT2D eigenvalue weighted by molar-refractivity contribution is 0.425. The number of rotatable bonds is 2. The van der Waals surface area contributed by atoms with Crippen LogP contribution >= 0.6 is 8.53 Å². The Balaban J connectivity index is 1.55. The normalized spacial score (nSPS) is 18.3. The highest BCUT2D eigenvalue weighted by molar-refractivity contribution is 7.50. The van der Waals surface area contributed by atoms with Gasteiger partial charge in [-0.2, -0.15) is 0 Å². The van der Waals surface area contributed by atoms with Crippen molar-refractivity contribution in [3.8, 4) is 11.5 Å². The van der Waals surface area contributed by atoms with Gasteiger partial charge in [0.25, 0.3) is 0 Å². The zero-order valence-electron chi connectivity index (χ0n) is 15.9. The van der Waals surface area contributed by atoms with Gasteiger partial charge in [0.15, 0.2) is 0 Å². The summed E-state index contributed by atoms with van der Waals surface area (Å²) in [6.45, 7) is 0. The summed E-state index contributed by atoms with van der Waals surface area (Å²) in [5, 5.41) is 0. The second-order valence-corrected chi connectivity index (χ2v) is 9.38. The topological polar surface area (TPSA) is 21.7 Å². The number of benzene rings is 3. The van der Waals surface area contributed by atoms with Gasteiger partial charge in [0.2, 0.25) is 0 Å². The van der Waals surface area contributed by atoms with Crippen molar-refractivity contribution in [1.82, 2.24) is 0 Å². The first-order chi connectivity index (χ1) is 13.8. The van der Waals surface area contributed by atoms with Crippen LogP contribution in [0.1, 0.15) is 35.1 Å². The van der Waals surface area contributed by atoms with Crippen molar-refractivity contribution in [2.24, 2.45) is 0 Å². The number of hydrogen-bond acceptors (Lipinski definition) is 3. The molecule has 0 unspecified atom stereocenters. The van der Waals surface area contributed by atoms with Crippen molar-refractivity contribution in [1.29, 1.82) is 0 Å². The monoisotopic (exact) mass is 387 g/mol. The van der Waals surface area contributed by atoms with Gasteiger partial charge in [0.1, 0.15) is 11.5 Å². The van der Waals surface area contributed by atoms with E-state index in [1.54, 1.807) is 0 Å². The summed E-state index contributed by atoms with van der Waals surface area (Å²) in [4.78, 5) is 0. The van der Waals surface area contributed by atoms with Crippen LogP contribution in [0.15, 0.2) is 66.7 Å². The van der Waals surface area contributed by atoms with E-state index in [0.717, 1.165) is 42.9 Å². The summed E-state index contributed by atoms with van der Waals surface area (Å²) in [5.41, 5.74) is 6.88. The molecule has 3 aromatic carbocycles. The summed E-state index contributed by atoms with van der Waals surface area (Å²) in [6.07, 6.45) is 4.55. The highest BCUT2D eigenvalue weighted by Gasteiger charge is 2.50. The zero-order valence-corrected chi connectivity index (χ0v) is 16.8. The first-order valence-electron chi connectivity index (χ1n) is 9.96. The van der Waals surface area contributed by atoms with Crippen LogP contribution in [0, 0.1) is 0 Å². The van der Waals surface area contributed by atoms with E-state index in [2.05, 4.69) is 72.4 Å². The third-order valence-corrected chi connectivity index (χ3v) is 7.98. The lowest BCUT2D eigenvalue weighted by Crippen LogP contribution is -2.26. The molecule has 4 heteroatoms. The molecule has 3 aromatic rings. The molecule has 0 radical (unpaired) electrons. The third-order valence-electron chi connectivity index (χ3n) is 6.55. The fraction of sp³-hybridized carbons (Fsp3) is 0.250. The summed E-state index contributed by atoms with van der Waals surface area (Å²) >= 11 is 0. The molecule has 3 aliphatic rings. The van der Waals surface area contributed by atoms with Crippen molar-refractivity contribution in [2.45, 2.75) is 31.1 Å². The molecule has 140 valence electrons. The maximum atomic E-state index is 6.62. The largest absolute Gasteiger partial charge is 0.422 e. The van der Waals surface area contributed by atoms with Crippen molar-refractivity contribution >= 4 is 14.2 Å². The first kappa shape index (κ1) is 16.4. The molecule has 0 amide bonds. The minimum atomic E-state index is -1.30. The van der Waals surface area contributed by atoms with Gasteiger partial charge in [0, 0.05) is 29.3 Å². The number of para-hydroxylation sites is 1. The van der Waals surface area contributed by atoms with E-state index in [1.165, 1.54) is 22.3 Å². The average Bonchev–Trinajstić information content (AvgIpc) is 3.30. The molecular weight excluding hydrogens is 365 g/mol. The second kappa shape index (κ2) is 5.99. The van der Waals surface area contributed by atoms with Crippen LogP contribution < -0.4 is 13.7 Å². The molecule has 3 nitrogen and oxygen atoms in total. The van der Waals surface area contributed by atoms with Crippen LogP contribution in [0.25, 0.3) is 0 Å². The summed E-state index contributed by atoms with van der Waals surface area (Å²) < 4.78 is 15.4. The fourth-order valence-corrected chi connectivity index (χ4v) is 6.55. The highest BCUT2D eigenvalue weighted by Crippen LogP contribution is 2.62. The van der Waals surface area contributed by atoms with Gasteiger partial charge in [-0.1, -0.05) is 42.5 Å². The van der Waals surface area contributed by atoms with E-state index in [0.29, 0.717) is 0 Å². The van der Waals surface area contributed by atoms with Crippen molar-refractivity contribution < 1.29 is 9.05 Å². The van der Waals surface area contributed by atoms with Gasteiger partial charge in [0.05, 0.1) is 0 Å².